The average Bonchev–Trinajstić information content (AvgIpc) is 3.16. The zero-order valence-electron chi connectivity index (χ0n) is 10.7. The molecule has 0 unspecified atom stereocenters. The maximum atomic E-state index is 10.9. The van der Waals surface area contributed by atoms with Crippen molar-refractivity contribution in [2.24, 2.45) is 0 Å². The van der Waals surface area contributed by atoms with Crippen molar-refractivity contribution in [3.8, 4) is 17.4 Å². The normalized spacial score (nSPS) is 10.5. The van der Waals surface area contributed by atoms with Crippen molar-refractivity contribution in [1.29, 1.82) is 0 Å². The lowest BCUT2D eigenvalue weighted by Crippen LogP contribution is -1.99. The van der Waals surface area contributed by atoms with Crippen LogP contribution < -0.4 is 4.74 Å². The van der Waals surface area contributed by atoms with Gasteiger partial charge in [-0.25, -0.2) is 4.79 Å². The van der Waals surface area contributed by atoms with Crippen LogP contribution in [0.5, 0.6) is 5.75 Å². The molecule has 3 rings (SSSR count). The van der Waals surface area contributed by atoms with Gasteiger partial charge in [0.1, 0.15) is 5.75 Å². The van der Waals surface area contributed by atoms with Gasteiger partial charge in [-0.3, -0.25) is 0 Å². The molecule has 0 atom stereocenters. The number of nitrogens with zero attached hydrogens (tertiary/aromatic N) is 2. The van der Waals surface area contributed by atoms with E-state index in [-0.39, 0.29) is 24.0 Å². The van der Waals surface area contributed by atoms with E-state index in [2.05, 4.69) is 10.2 Å². The molecule has 7 nitrogen and oxygen atoms in total. The molecule has 3 aromatic rings. The van der Waals surface area contributed by atoms with Gasteiger partial charge < -0.3 is 18.7 Å². The largest absolute Gasteiger partial charge is 0.484 e. The minimum absolute atomic E-state index is 0.0385. The average molecular weight is 286 g/mol. The van der Waals surface area contributed by atoms with E-state index in [0.29, 0.717) is 11.5 Å². The highest BCUT2D eigenvalue weighted by atomic mass is 16.5. The molecule has 0 fully saturated rings. The molecule has 0 saturated carbocycles. The second-order valence-electron chi connectivity index (χ2n) is 4.10. The fourth-order valence-corrected chi connectivity index (χ4v) is 1.68. The molecule has 0 aliphatic carbocycles. The molecule has 2 aromatic heterocycles. The van der Waals surface area contributed by atoms with E-state index < -0.39 is 5.97 Å². The van der Waals surface area contributed by atoms with E-state index in [9.17, 15) is 4.79 Å². The van der Waals surface area contributed by atoms with E-state index in [4.69, 9.17) is 18.7 Å². The summed E-state index contributed by atoms with van der Waals surface area (Å²) < 4.78 is 15.9. The van der Waals surface area contributed by atoms with Gasteiger partial charge in [-0.1, -0.05) is 6.07 Å². The number of aromatic carboxylic acids is 1. The Morgan fingerprint density at radius 1 is 1.24 bits per heavy atom. The van der Waals surface area contributed by atoms with Gasteiger partial charge in [-0.05, 0) is 30.3 Å². The summed E-state index contributed by atoms with van der Waals surface area (Å²) in [6, 6.07) is 9.57. The van der Waals surface area contributed by atoms with Crippen molar-refractivity contribution < 1.29 is 23.5 Å². The first-order chi connectivity index (χ1) is 10.2. The monoisotopic (exact) mass is 286 g/mol. The third-order valence-corrected chi connectivity index (χ3v) is 2.64. The zero-order valence-corrected chi connectivity index (χ0v) is 10.7. The first-order valence-corrected chi connectivity index (χ1v) is 6.05. The fourth-order valence-electron chi connectivity index (χ4n) is 1.68. The van der Waals surface area contributed by atoms with Crippen LogP contribution in [0.3, 0.4) is 0 Å². The number of hydrogen-bond acceptors (Lipinski definition) is 6. The number of carbonyl (C=O) groups is 1. The number of carboxylic acids is 1. The van der Waals surface area contributed by atoms with E-state index in [1.54, 1.807) is 24.3 Å². The van der Waals surface area contributed by atoms with Gasteiger partial charge in [0.2, 0.25) is 0 Å². The molecule has 2 heterocycles. The molecule has 1 aromatic carbocycles. The minimum atomic E-state index is -1.02. The molecular weight excluding hydrogens is 276 g/mol. The van der Waals surface area contributed by atoms with E-state index in [1.165, 1.54) is 18.4 Å². The summed E-state index contributed by atoms with van der Waals surface area (Å²) in [4.78, 5) is 10.9. The van der Waals surface area contributed by atoms with Crippen molar-refractivity contribution in [3.63, 3.8) is 0 Å². The van der Waals surface area contributed by atoms with Crippen molar-refractivity contribution in [2.45, 2.75) is 6.61 Å². The molecule has 0 saturated heterocycles. The summed E-state index contributed by atoms with van der Waals surface area (Å²) >= 11 is 0. The number of ether oxygens (including phenoxy) is 1. The van der Waals surface area contributed by atoms with Crippen LogP contribution in [0.1, 0.15) is 16.2 Å². The highest BCUT2D eigenvalue weighted by Crippen LogP contribution is 2.19. The molecule has 0 aliphatic rings. The van der Waals surface area contributed by atoms with Crippen LogP contribution >= 0.6 is 0 Å². The Hall–Kier alpha value is -3.09. The van der Waals surface area contributed by atoms with Crippen molar-refractivity contribution in [3.05, 3.63) is 54.1 Å². The lowest BCUT2D eigenvalue weighted by molar-refractivity contribution is 0.0696. The fraction of sp³-hybridized carbons (Fsp3) is 0.0714. The molecule has 7 heteroatoms. The van der Waals surface area contributed by atoms with E-state index in [0.717, 1.165) is 0 Å². The molecule has 0 bridgehead atoms. The Balaban J connectivity index is 1.68. The Morgan fingerprint density at radius 3 is 2.90 bits per heavy atom. The minimum Gasteiger partial charge on any atom is -0.484 e. The van der Waals surface area contributed by atoms with Gasteiger partial charge in [-0.2, -0.15) is 0 Å². The summed E-state index contributed by atoms with van der Waals surface area (Å²) in [5.41, 5.74) is 0.148. The van der Waals surface area contributed by atoms with Crippen LogP contribution in [0.15, 0.2) is 51.5 Å². The number of furan rings is 1. The molecule has 1 N–H and O–H groups in total. The van der Waals surface area contributed by atoms with E-state index >= 15 is 0 Å². The quantitative estimate of drug-likeness (QED) is 0.769. The molecule has 21 heavy (non-hydrogen) atoms. The Morgan fingerprint density at radius 2 is 2.14 bits per heavy atom. The number of benzene rings is 1. The van der Waals surface area contributed by atoms with Crippen LogP contribution in [0.4, 0.5) is 0 Å². The van der Waals surface area contributed by atoms with Crippen LogP contribution in [0, 0.1) is 0 Å². The third-order valence-electron chi connectivity index (χ3n) is 2.64. The smallest absolute Gasteiger partial charge is 0.335 e. The van der Waals surface area contributed by atoms with Gasteiger partial charge in [0.15, 0.2) is 12.4 Å². The number of hydrogen-bond donors (Lipinski definition) is 1. The summed E-state index contributed by atoms with van der Waals surface area (Å²) in [5.74, 6) is 0.396. The Bertz CT molecular complexity index is 748. The predicted octanol–water partition coefficient (Wildman–Crippen LogP) is 2.61. The highest BCUT2D eigenvalue weighted by Gasteiger charge is 2.11. The second kappa shape index (κ2) is 5.49. The van der Waals surface area contributed by atoms with Gasteiger partial charge >= 0.3 is 5.97 Å². The Labute approximate surface area is 118 Å². The molecule has 106 valence electrons. The molecule has 0 amide bonds. The second-order valence-corrected chi connectivity index (χ2v) is 4.10. The standard InChI is InChI=1S/C14H10N2O5/c17-14(18)9-3-1-4-10(7-9)20-8-12-15-16-13(21-12)11-5-2-6-19-11/h1-7H,8H2,(H,17,18). The van der Waals surface area contributed by atoms with Crippen LogP contribution in [-0.2, 0) is 6.61 Å². The first-order valence-electron chi connectivity index (χ1n) is 6.05. The molecule has 0 spiro atoms. The van der Waals surface area contributed by atoms with Crippen molar-refractivity contribution in [1.82, 2.24) is 10.2 Å². The molecular formula is C14H10N2O5. The van der Waals surface area contributed by atoms with E-state index in [1.807, 2.05) is 0 Å². The summed E-state index contributed by atoms with van der Waals surface area (Å²) in [6.07, 6.45) is 1.51. The summed E-state index contributed by atoms with van der Waals surface area (Å²) in [7, 11) is 0. The topological polar surface area (TPSA) is 98.6 Å². The van der Waals surface area contributed by atoms with Crippen molar-refractivity contribution in [2.75, 3.05) is 0 Å². The van der Waals surface area contributed by atoms with Crippen LogP contribution in [0.25, 0.3) is 11.7 Å². The zero-order chi connectivity index (χ0) is 14.7. The van der Waals surface area contributed by atoms with Gasteiger partial charge in [0.25, 0.3) is 11.8 Å². The third kappa shape index (κ3) is 2.92. The first kappa shape index (κ1) is 12.9. The molecule has 0 aliphatic heterocycles. The van der Waals surface area contributed by atoms with Gasteiger partial charge in [-0.15, -0.1) is 10.2 Å². The SMILES string of the molecule is O=C(O)c1cccc(OCc2nnc(-c3ccco3)o2)c1. The summed E-state index contributed by atoms with van der Waals surface area (Å²) in [6.45, 7) is 0.0385. The predicted molar refractivity (Wildman–Crippen MR) is 69.7 cm³/mol. The van der Waals surface area contributed by atoms with Gasteiger partial charge in [0, 0.05) is 0 Å². The number of carboxylic acid groups (broad SMARTS) is 1. The number of rotatable bonds is 5. The van der Waals surface area contributed by atoms with Crippen LogP contribution in [0.2, 0.25) is 0 Å². The lowest BCUT2D eigenvalue weighted by atomic mass is 10.2. The van der Waals surface area contributed by atoms with Gasteiger partial charge in [0.05, 0.1) is 11.8 Å². The molecule has 0 radical (unpaired) electrons. The Kier molecular flexibility index (Phi) is 3.38. The maximum Gasteiger partial charge on any atom is 0.335 e. The number of aromatic nitrogens is 2. The maximum absolute atomic E-state index is 10.9. The van der Waals surface area contributed by atoms with Crippen LogP contribution in [-0.4, -0.2) is 21.3 Å². The summed E-state index contributed by atoms with van der Waals surface area (Å²) in [5, 5.41) is 16.6. The van der Waals surface area contributed by atoms with Crippen molar-refractivity contribution >= 4 is 5.97 Å². The highest BCUT2D eigenvalue weighted by molar-refractivity contribution is 5.87. The lowest BCUT2D eigenvalue weighted by Gasteiger charge is -2.03.